The topological polar surface area (TPSA) is 73.8 Å². The molecule has 9 heteroatoms. The average Bonchev–Trinajstić information content (AvgIpc) is 3.07. The van der Waals surface area contributed by atoms with Crippen LogP contribution in [0.2, 0.25) is 0 Å². The van der Waals surface area contributed by atoms with Crippen LogP contribution in [0.25, 0.3) is 0 Å². The van der Waals surface area contributed by atoms with Crippen molar-refractivity contribution in [2.75, 3.05) is 50.5 Å². The van der Waals surface area contributed by atoms with Crippen molar-refractivity contribution >= 4 is 39.1 Å². The van der Waals surface area contributed by atoms with Crippen molar-refractivity contribution in [2.24, 2.45) is 4.99 Å². The molecule has 1 aliphatic heterocycles. The van der Waals surface area contributed by atoms with Crippen LogP contribution in [0.5, 0.6) is 0 Å². The highest BCUT2D eigenvalue weighted by Gasteiger charge is 2.23. The maximum Gasteiger partial charge on any atom is 0.215 e. The monoisotopic (exact) mass is 376 g/mol. The Morgan fingerprint density at radius 3 is 2.70 bits per heavy atom. The van der Waals surface area contributed by atoms with Crippen molar-refractivity contribution < 1.29 is 8.42 Å². The van der Waals surface area contributed by atoms with Crippen LogP contribution in [0.4, 0.5) is 0 Å². The molecule has 0 bridgehead atoms. The largest absolute Gasteiger partial charge is 0.356 e. The van der Waals surface area contributed by atoms with Crippen LogP contribution in [0.3, 0.4) is 0 Å². The van der Waals surface area contributed by atoms with Crippen LogP contribution in [0, 0.1) is 0 Å². The molecule has 0 spiro atoms. The normalized spacial score (nSPS) is 17.2. The Bertz CT molecular complexity index is 581. The molecule has 6 nitrogen and oxygen atoms in total. The third-order valence-corrected chi connectivity index (χ3v) is 7.23. The van der Waals surface area contributed by atoms with Crippen molar-refractivity contribution in [1.29, 1.82) is 0 Å². The van der Waals surface area contributed by atoms with E-state index >= 15 is 0 Å². The minimum atomic E-state index is -3.17. The summed E-state index contributed by atoms with van der Waals surface area (Å²) in [5.74, 6) is 2.52. The van der Waals surface area contributed by atoms with Gasteiger partial charge in [0.25, 0.3) is 0 Å². The predicted molar refractivity (Wildman–Crippen MR) is 100 cm³/mol. The van der Waals surface area contributed by atoms with Gasteiger partial charge in [0, 0.05) is 49.6 Å². The van der Waals surface area contributed by atoms with E-state index in [0.717, 1.165) is 24.5 Å². The molecule has 0 saturated carbocycles. The van der Waals surface area contributed by atoms with E-state index in [1.165, 1.54) is 4.88 Å². The first-order valence-electron chi connectivity index (χ1n) is 7.64. The molecular formula is C14H24N4O2S3. The fraction of sp³-hybridized carbons (Fsp3) is 0.643. The fourth-order valence-electron chi connectivity index (χ4n) is 2.23. The Morgan fingerprint density at radius 2 is 2.04 bits per heavy atom. The highest BCUT2D eigenvalue weighted by molar-refractivity contribution is 7.99. The van der Waals surface area contributed by atoms with Gasteiger partial charge in [-0.3, -0.25) is 4.99 Å². The number of hydrogen-bond donors (Lipinski definition) is 2. The summed E-state index contributed by atoms with van der Waals surface area (Å²) in [6, 6.07) is 4.14. The molecule has 0 radical (unpaired) electrons. The number of sulfonamides is 1. The Morgan fingerprint density at radius 1 is 1.30 bits per heavy atom. The van der Waals surface area contributed by atoms with Crippen molar-refractivity contribution in [2.45, 2.75) is 6.42 Å². The maximum absolute atomic E-state index is 12.2. The predicted octanol–water partition coefficient (Wildman–Crippen LogP) is 0.834. The standard InChI is InChI=1S/C14H24N4O2S3/c1-15-14(16-5-4-13-3-2-9-22-13)17-6-12-23(19,20)18-7-10-21-11-8-18/h2-3,9H,4-8,10-12H2,1H3,(H2,15,16,17). The number of aliphatic imine (C=N–C) groups is 1. The number of nitrogens with zero attached hydrogens (tertiary/aromatic N) is 2. The zero-order chi connectivity index (χ0) is 16.5. The number of thiophene rings is 1. The number of rotatable bonds is 7. The molecule has 0 aromatic carbocycles. The van der Waals surface area contributed by atoms with Gasteiger partial charge in [-0.05, 0) is 17.9 Å². The van der Waals surface area contributed by atoms with Gasteiger partial charge in [-0.25, -0.2) is 12.7 Å². The average molecular weight is 377 g/mol. The zero-order valence-electron chi connectivity index (χ0n) is 13.3. The van der Waals surface area contributed by atoms with Crippen LogP contribution in [0.1, 0.15) is 4.88 Å². The van der Waals surface area contributed by atoms with E-state index < -0.39 is 10.0 Å². The van der Waals surface area contributed by atoms with Crippen LogP contribution < -0.4 is 10.6 Å². The molecule has 1 saturated heterocycles. The molecule has 2 rings (SSSR count). The number of guanidine groups is 1. The van der Waals surface area contributed by atoms with E-state index in [1.807, 2.05) is 6.07 Å². The zero-order valence-corrected chi connectivity index (χ0v) is 15.8. The maximum atomic E-state index is 12.2. The summed E-state index contributed by atoms with van der Waals surface area (Å²) < 4.78 is 26.1. The molecule has 1 aromatic rings. The highest BCUT2D eigenvalue weighted by Crippen LogP contribution is 2.13. The summed E-state index contributed by atoms with van der Waals surface area (Å²) in [6.07, 6.45) is 0.933. The minimum Gasteiger partial charge on any atom is -0.356 e. The third kappa shape index (κ3) is 6.33. The van der Waals surface area contributed by atoms with Gasteiger partial charge >= 0.3 is 0 Å². The Kier molecular flexibility index (Phi) is 7.68. The SMILES string of the molecule is CN=C(NCCc1cccs1)NCCS(=O)(=O)N1CCSCC1. The molecule has 130 valence electrons. The lowest BCUT2D eigenvalue weighted by Crippen LogP contribution is -2.44. The van der Waals surface area contributed by atoms with Crippen molar-refractivity contribution in [3.63, 3.8) is 0 Å². The van der Waals surface area contributed by atoms with E-state index in [2.05, 4.69) is 27.1 Å². The number of thioether (sulfide) groups is 1. The molecular weight excluding hydrogens is 352 g/mol. The summed E-state index contributed by atoms with van der Waals surface area (Å²) in [5, 5.41) is 8.35. The minimum absolute atomic E-state index is 0.100. The smallest absolute Gasteiger partial charge is 0.215 e. The first-order chi connectivity index (χ1) is 11.1. The second-order valence-electron chi connectivity index (χ2n) is 5.08. The Labute approximate surface area is 146 Å². The second-order valence-corrected chi connectivity index (χ2v) is 9.43. The van der Waals surface area contributed by atoms with Gasteiger partial charge in [-0.2, -0.15) is 11.8 Å². The molecule has 0 unspecified atom stereocenters. The fourth-order valence-corrected chi connectivity index (χ4v) is 5.43. The highest BCUT2D eigenvalue weighted by atomic mass is 32.2. The van der Waals surface area contributed by atoms with E-state index in [-0.39, 0.29) is 5.75 Å². The van der Waals surface area contributed by atoms with Crippen LogP contribution in [-0.2, 0) is 16.4 Å². The summed E-state index contributed by atoms with van der Waals surface area (Å²) in [4.78, 5) is 5.44. The lowest BCUT2D eigenvalue weighted by Gasteiger charge is -2.25. The molecule has 23 heavy (non-hydrogen) atoms. The summed E-state index contributed by atoms with van der Waals surface area (Å²) in [7, 11) is -1.48. The van der Waals surface area contributed by atoms with Crippen molar-refractivity contribution in [1.82, 2.24) is 14.9 Å². The van der Waals surface area contributed by atoms with Gasteiger partial charge < -0.3 is 10.6 Å². The molecule has 2 N–H and O–H groups in total. The molecule has 1 aromatic heterocycles. The van der Waals surface area contributed by atoms with Gasteiger partial charge in [-0.15, -0.1) is 11.3 Å². The molecule has 0 aliphatic carbocycles. The molecule has 0 amide bonds. The van der Waals surface area contributed by atoms with Gasteiger partial charge in [-0.1, -0.05) is 6.07 Å². The van der Waals surface area contributed by atoms with Crippen molar-refractivity contribution in [3.05, 3.63) is 22.4 Å². The first-order valence-corrected chi connectivity index (χ1v) is 11.3. The molecule has 1 fully saturated rings. The van der Waals surface area contributed by atoms with E-state index in [4.69, 9.17) is 0 Å². The quantitative estimate of drug-likeness (QED) is 0.545. The molecule has 1 aliphatic rings. The number of hydrogen-bond acceptors (Lipinski definition) is 5. The Hall–Kier alpha value is -0.770. The van der Waals surface area contributed by atoms with E-state index in [1.54, 1.807) is 34.5 Å². The lowest BCUT2D eigenvalue weighted by molar-refractivity contribution is 0.443. The summed E-state index contributed by atoms with van der Waals surface area (Å²) >= 11 is 3.54. The second kappa shape index (κ2) is 9.51. The summed E-state index contributed by atoms with van der Waals surface area (Å²) in [5.41, 5.74) is 0. The third-order valence-electron chi connectivity index (χ3n) is 3.48. The molecule has 2 heterocycles. The van der Waals surface area contributed by atoms with E-state index in [0.29, 0.717) is 25.6 Å². The van der Waals surface area contributed by atoms with Gasteiger partial charge in [0.15, 0.2) is 5.96 Å². The van der Waals surface area contributed by atoms with Crippen LogP contribution in [0.15, 0.2) is 22.5 Å². The van der Waals surface area contributed by atoms with Crippen LogP contribution >= 0.6 is 23.1 Å². The lowest BCUT2D eigenvalue weighted by atomic mass is 10.3. The first kappa shape index (κ1) is 18.6. The molecule has 0 atom stereocenters. The summed E-state index contributed by atoms with van der Waals surface area (Å²) in [6.45, 7) is 2.39. The van der Waals surface area contributed by atoms with Gasteiger partial charge in [0.05, 0.1) is 5.75 Å². The number of nitrogens with one attached hydrogen (secondary N) is 2. The van der Waals surface area contributed by atoms with Crippen LogP contribution in [-0.4, -0.2) is 69.2 Å². The van der Waals surface area contributed by atoms with E-state index in [9.17, 15) is 8.42 Å². The van der Waals surface area contributed by atoms with Crippen molar-refractivity contribution in [3.8, 4) is 0 Å². The van der Waals surface area contributed by atoms with Gasteiger partial charge in [0.2, 0.25) is 10.0 Å². The van der Waals surface area contributed by atoms with Gasteiger partial charge in [0.1, 0.15) is 0 Å². The Balaban J connectivity index is 1.68.